The Hall–Kier alpha value is -3.77. The van der Waals surface area contributed by atoms with Gasteiger partial charge in [0, 0.05) is 34.3 Å². The summed E-state index contributed by atoms with van der Waals surface area (Å²) < 4.78 is 0.914. The van der Waals surface area contributed by atoms with Crippen LogP contribution in [0.1, 0.15) is 24.5 Å². The van der Waals surface area contributed by atoms with E-state index in [0.29, 0.717) is 17.7 Å². The van der Waals surface area contributed by atoms with Crippen LogP contribution >= 0.6 is 15.9 Å². The Kier molecular flexibility index (Phi) is 5.99. The number of benzene rings is 3. The van der Waals surface area contributed by atoms with Gasteiger partial charge in [0.2, 0.25) is 5.91 Å². The second-order valence-electron chi connectivity index (χ2n) is 8.21. The highest BCUT2D eigenvalue weighted by Gasteiger charge is 2.31. The molecule has 1 amide bonds. The van der Waals surface area contributed by atoms with Crippen LogP contribution < -0.4 is 5.56 Å². The Morgan fingerprint density at radius 3 is 2.44 bits per heavy atom. The summed E-state index contributed by atoms with van der Waals surface area (Å²) >= 11 is 3.56. The molecular weight excluding hydrogens is 490 g/mol. The number of amides is 1. The van der Waals surface area contributed by atoms with E-state index in [-0.39, 0.29) is 17.5 Å². The lowest BCUT2D eigenvalue weighted by Crippen LogP contribution is -2.29. The maximum absolute atomic E-state index is 13.4. The van der Waals surface area contributed by atoms with Crippen molar-refractivity contribution in [1.29, 1.82) is 0 Å². The molecule has 1 aliphatic rings. The van der Waals surface area contributed by atoms with Crippen LogP contribution in [0, 0.1) is 0 Å². The van der Waals surface area contributed by atoms with Crippen molar-refractivity contribution in [2.45, 2.75) is 19.4 Å². The Morgan fingerprint density at radius 1 is 1.03 bits per heavy atom. The van der Waals surface area contributed by atoms with Gasteiger partial charge in [0.15, 0.2) is 0 Å². The van der Waals surface area contributed by atoms with Crippen LogP contribution in [0.4, 0.5) is 0 Å². The molecule has 0 saturated carbocycles. The van der Waals surface area contributed by atoms with Crippen molar-refractivity contribution in [2.24, 2.45) is 5.10 Å². The van der Waals surface area contributed by atoms with Gasteiger partial charge in [-0.3, -0.25) is 9.59 Å². The number of hydrazone groups is 1. The van der Waals surface area contributed by atoms with Gasteiger partial charge in [0.1, 0.15) is 0 Å². The number of nitrogens with one attached hydrogen (secondary N) is 1. The van der Waals surface area contributed by atoms with E-state index in [1.807, 2.05) is 91.0 Å². The van der Waals surface area contributed by atoms with E-state index in [2.05, 4.69) is 26.0 Å². The number of H-pyrrole nitrogens is 1. The molecule has 34 heavy (non-hydrogen) atoms. The van der Waals surface area contributed by atoms with Crippen LogP contribution in [0.2, 0.25) is 0 Å². The number of aromatic nitrogens is 1. The van der Waals surface area contributed by atoms with Gasteiger partial charge in [-0.25, -0.2) is 5.01 Å². The number of nitrogens with zero attached hydrogens (tertiary/aromatic N) is 2. The summed E-state index contributed by atoms with van der Waals surface area (Å²) in [7, 11) is 0. The third kappa shape index (κ3) is 4.24. The molecule has 2 heterocycles. The van der Waals surface area contributed by atoms with Crippen LogP contribution in [0.3, 0.4) is 0 Å². The molecule has 0 fully saturated rings. The smallest absolute Gasteiger partial charge is 0.258 e. The van der Waals surface area contributed by atoms with Crippen LogP contribution in [-0.4, -0.2) is 27.7 Å². The first kappa shape index (κ1) is 22.0. The summed E-state index contributed by atoms with van der Waals surface area (Å²) in [5, 5.41) is 7.02. The zero-order valence-electron chi connectivity index (χ0n) is 18.5. The summed E-state index contributed by atoms with van der Waals surface area (Å²) in [6.45, 7) is 1.50. The normalized spacial score (nSPS) is 15.8. The van der Waals surface area contributed by atoms with E-state index < -0.39 is 0 Å². The van der Waals surface area contributed by atoms with E-state index in [0.717, 1.165) is 32.1 Å². The lowest BCUT2D eigenvalue weighted by Gasteiger charge is -2.16. The minimum absolute atomic E-state index is 0.168. The summed E-state index contributed by atoms with van der Waals surface area (Å²) in [4.78, 5) is 28.8. The van der Waals surface area contributed by atoms with Gasteiger partial charge in [0.25, 0.3) is 5.56 Å². The van der Waals surface area contributed by atoms with Crippen molar-refractivity contribution in [3.05, 3.63) is 111 Å². The Morgan fingerprint density at radius 2 is 1.74 bits per heavy atom. The number of fused-ring (bicyclic) bond motifs is 1. The molecule has 0 saturated heterocycles. The van der Waals surface area contributed by atoms with Crippen LogP contribution in [0.15, 0.2) is 99.3 Å². The Bertz CT molecular complexity index is 1490. The number of halogens is 1. The number of rotatable bonds is 4. The Labute approximate surface area is 205 Å². The van der Waals surface area contributed by atoms with Crippen molar-refractivity contribution in [3.63, 3.8) is 0 Å². The zero-order chi connectivity index (χ0) is 23.7. The molecule has 0 aliphatic carbocycles. The number of carbonyl (C=O) groups excluding carboxylic acids is 1. The maximum Gasteiger partial charge on any atom is 0.258 e. The largest absolute Gasteiger partial charge is 0.321 e. The van der Waals surface area contributed by atoms with Crippen LogP contribution in [0.25, 0.3) is 28.1 Å². The van der Waals surface area contributed by atoms with Gasteiger partial charge in [0.05, 0.1) is 17.3 Å². The lowest BCUT2D eigenvalue weighted by molar-refractivity contribution is -0.129. The quantitative estimate of drug-likeness (QED) is 0.365. The average molecular weight is 512 g/mol. The fourth-order valence-corrected chi connectivity index (χ4v) is 4.73. The number of carbonyl (C=O) groups is 1. The van der Waals surface area contributed by atoms with Crippen LogP contribution in [-0.2, 0) is 4.79 Å². The second kappa shape index (κ2) is 9.23. The molecule has 1 atom stereocenters. The first-order valence-corrected chi connectivity index (χ1v) is 11.8. The molecule has 1 aliphatic heterocycles. The van der Waals surface area contributed by atoms with Gasteiger partial charge < -0.3 is 4.98 Å². The van der Waals surface area contributed by atoms with E-state index in [9.17, 15) is 9.59 Å². The van der Waals surface area contributed by atoms with Gasteiger partial charge in [-0.2, -0.15) is 5.10 Å². The highest BCUT2D eigenvalue weighted by Crippen LogP contribution is 2.34. The standard InChI is InChI=1S/C28H22BrN3O2/c1-18(33)32-22(14-12-19-8-4-2-5-9-19)17-25(31-32)27-26(20-10-6-3-7-11-20)23-16-21(29)13-15-24(23)30-28(27)34/h2-16,22H,17H2,1H3,(H,30,34)/b14-12+/t22-/m1/s1. The molecule has 0 unspecified atom stereocenters. The number of hydrogen-bond acceptors (Lipinski definition) is 3. The van der Waals surface area contributed by atoms with E-state index >= 15 is 0 Å². The van der Waals surface area contributed by atoms with Gasteiger partial charge in [-0.15, -0.1) is 0 Å². The van der Waals surface area contributed by atoms with Crippen molar-refractivity contribution < 1.29 is 4.79 Å². The van der Waals surface area contributed by atoms with Gasteiger partial charge in [-0.05, 0) is 29.3 Å². The molecule has 5 rings (SSSR count). The molecule has 4 aromatic rings. The second-order valence-corrected chi connectivity index (χ2v) is 9.13. The molecular formula is C28H22BrN3O2. The molecule has 1 aromatic heterocycles. The molecule has 6 heteroatoms. The van der Waals surface area contributed by atoms with Gasteiger partial charge >= 0.3 is 0 Å². The third-order valence-electron chi connectivity index (χ3n) is 5.91. The van der Waals surface area contributed by atoms with E-state index in [4.69, 9.17) is 0 Å². The zero-order valence-corrected chi connectivity index (χ0v) is 20.1. The fourth-order valence-electron chi connectivity index (χ4n) is 4.37. The molecule has 168 valence electrons. The lowest BCUT2D eigenvalue weighted by atomic mass is 9.92. The number of hydrogen-bond donors (Lipinski definition) is 1. The third-order valence-corrected chi connectivity index (χ3v) is 6.40. The van der Waals surface area contributed by atoms with Crippen molar-refractivity contribution >= 4 is 44.5 Å². The molecule has 1 N–H and O–H groups in total. The van der Waals surface area contributed by atoms with Crippen molar-refractivity contribution in [2.75, 3.05) is 0 Å². The minimum atomic E-state index is -0.270. The molecule has 3 aromatic carbocycles. The Balaban J connectivity index is 1.66. The SMILES string of the molecule is CC(=O)N1N=C(c2c(-c3ccccc3)c3cc(Br)ccc3[nH]c2=O)C[C@H]1/C=C/c1ccccc1. The predicted octanol–water partition coefficient (Wildman–Crippen LogP) is 6.00. The summed E-state index contributed by atoms with van der Waals surface area (Å²) in [6.07, 6.45) is 4.41. The summed E-state index contributed by atoms with van der Waals surface area (Å²) in [5.74, 6) is -0.168. The number of pyridine rings is 1. The van der Waals surface area contributed by atoms with Crippen LogP contribution in [0.5, 0.6) is 0 Å². The fraction of sp³-hybridized carbons (Fsp3) is 0.107. The molecule has 0 spiro atoms. The maximum atomic E-state index is 13.4. The first-order valence-electron chi connectivity index (χ1n) is 11.0. The molecule has 0 bridgehead atoms. The van der Waals surface area contributed by atoms with Crippen molar-refractivity contribution in [1.82, 2.24) is 9.99 Å². The highest BCUT2D eigenvalue weighted by molar-refractivity contribution is 9.10. The topological polar surface area (TPSA) is 65.5 Å². The first-order chi connectivity index (χ1) is 16.5. The monoisotopic (exact) mass is 511 g/mol. The molecule has 5 nitrogen and oxygen atoms in total. The molecule has 0 radical (unpaired) electrons. The summed E-state index contributed by atoms with van der Waals surface area (Å²) in [6, 6.07) is 25.3. The van der Waals surface area contributed by atoms with E-state index in [1.165, 1.54) is 11.9 Å². The van der Waals surface area contributed by atoms with Crippen molar-refractivity contribution in [3.8, 4) is 11.1 Å². The number of aromatic amines is 1. The minimum Gasteiger partial charge on any atom is -0.321 e. The van der Waals surface area contributed by atoms with Gasteiger partial charge in [-0.1, -0.05) is 88.7 Å². The predicted molar refractivity (Wildman–Crippen MR) is 141 cm³/mol. The van der Waals surface area contributed by atoms with E-state index in [1.54, 1.807) is 0 Å². The summed E-state index contributed by atoms with van der Waals surface area (Å²) in [5.41, 5.74) is 4.40. The average Bonchev–Trinajstić information content (AvgIpc) is 3.27. The highest BCUT2D eigenvalue weighted by atomic mass is 79.9.